The summed E-state index contributed by atoms with van der Waals surface area (Å²) < 4.78 is 40.9. The van der Waals surface area contributed by atoms with Gasteiger partial charge in [0.15, 0.2) is 0 Å². The van der Waals surface area contributed by atoms with Crippen molar-refractivity contribution in [3.63, 3.8) is 0 Å². The van der Waals surface area contributed by atoms with E-state index in [1.807, 2.05) is 6.92 Å². The molecule has 1 nitrogen and oxygen atoms in total. The molecule has 0 saturated carbocycles. The van der Waals surface area contributed by atoms with Gasteiger partial charge in [-0.05, 0) is 43.2 Å². The first-order valence-corrected chi connectivity index (χ1v) is 7.48. The van der Waals surface area contributed by atoms with Crippen LogP contribution in [0.4, 0.5) is 13.2 Å². The van der Waals surface area contributed by atoms with E-state index in [0.29, 0.717) is 23.3 Å². The molecular weight excluding hydrogens is 295 g/mol. The van der Waals surface area contributed by atoms with Gasteiger partial charge in [-0.2, -0.15) is 0 Å². The van der Waals surface area contributed by atoms with Gasteiger partial charge in [-0.15, -0.1) is 0 Å². The third kappa shape index (κ3) is 4.02. The Kier molecular flexibility index (Phi) is 5.31. The predicted molar refractivity (Wildman–Crippen MR) is 78.9 cm³/mol. The van der Waals surface area contributed by atoms with Crippen molar-refractivity contribution in [3.8, 4) is 0 Å². The summed E-state index contributed by atoms with van der Waals surface area (Å²) in [6.07, 6.45) is 1.08. The van der Waals surface area contributed by atoms with Crippen molar-refractivity contribution in [1.29, 1.82) is 0 Å². The second-order valence-corrected chi connectivity index (χ2v) is 5.85. The largest absolute Gasteiger partial charge is 0.327 e. The standard InChI is InChI=1S/C16H16F3NS/c1-2-11(20)9-12-13(18)4-3-5-15(12)21-16-8-10(17)6-7-14(16)19/h3-8,11H,2,9,20H2,1H3. The van der Waals surface area contributed by atoms with Crippen LogP contribution in [0.5, 0.6) is 0 Å². The van der Waals surface area contributed by atoms with Gasteiger partial charge in [0.2, 0.25) is 0 Å². The number of rotatable bonds is 5. The van der Waals surface area contributed by atoms with Gasteiger partial charge in [0.1, 0.15) is 17.5 Å². The van der Waals surface area contributed by atoms with Gasteiger partial charge in [0.05, 0.1) is 4.90 Å². The van der Waals surface area contributed by atoms with Crippen LogP contribution in [-0.4, -0.2) is 6.04 Å². The molecular formula is C16H16F3NS. The van der Waals surface area contributed by atoms with E-state index in [1.54, 1.807) is 12.1 Å². The second kappa shape index (κ2) is 7.00. The minimum Gasteiger partial charge on any atom is -0.327 e. The summed E-state index contributed by atoms with van der Waals surface area (Å²) in [5.41, 5.74) is 6.33. The lowest BCUT2D eigenvalue weighted by Gasteiger charge is -2.14. The molecule has 0 aliphatic carbocycles. The summed E-state index contributed by atoms with van der Waals surface area (Å²) in [6, 6.07) is 7.65. The van der Waals surface area contributed by atoms with E-state index in [0.717, 1.165) is 30.0 Å². The van der Waals surface area contributed by atoms with Crippen molar-refractivity contribution in [2.45, 2.75) is 35.6 Å². The summed E-state index contributed by atoms with van der Waals surface area (Å²) in [7, 11) is 0. The fourth-order valence-corrected chi connectivity index (χ4v) is 2.94. The van der Waals surface area contributed by atoms with Crippen molar-refractivity contribution in [1.82, 2.24) is 0 Å². The Labute approximate surface area is 126 Å². The van der Waals surface area contributed by atoms with Gasteiger partial charge in [-0.3, -0.25) is 0 Å². The Hall–Kier alpha value is -1.46. The van der Waals surface area contributed by atoms with Gasteiger partial charge in [0.25, 0.3) is 0 Å². The van der Waals surface area contributed by atoms with E-state index in [4.69, 9.17) is 5.73 Å². The third-order valence-electron chi connectivity index (χ3n) is 3.18. The van der Waals surface area contributed by atoms with E-state index in [2.05, 4.69) is 0 Å². The maximum Gasteiger partial charge on any atom is 0.137 e. The maximum atomic E-state index is 14.0. The number of hydrogen-bond donors (Lipinski definition) is 1. The van der Waals surface area contributed by atoms with Gasteiger partial charge >= 0.3 is 0 Å². The highest BCUT2D eigenvalue weighted by Crippen LogP contribution is 2.34. The Balaban J connectivity index is 2.35. The van der Waals surface area contributed by atoms with Crippen LogP contribution in [0.15, 0.2) is 46.2 Å². The second-order valence-electron chi connectivity index (χ2n) is 4.77. The molecule has 0 aliphatic heterocycles. The van der Waals surface area contributed by atoms with Crippen molar-refractivity contribution in [2.75, 3.05) is 0 Å². The van der Waals surface area contributed by atoms with Gasteiger partial charge in [-0.1, -0.05) is 24.8 Å². The van der Waals surface area contributed by atoms with E-state index >= 15 is 0 Å². The van der Waals surface area contributed by atoms with Crippen LogP contribution in [0.1, 0.15) is 18.9 Å². The lowest BCUT2D eigenvalue weighted by Crippen LogP contribution is -2.22. The first-order valence-electron chi connectivity index (χ1n) is 6.67. The Morgan fingerprint density at radius 1 is 1.05 bits per heavy atom. The van der Waals surface area contributed by atoms with Crippen LogP contribution in [-0.2, 0) is 6.42 Å². The summed E-state index contributed by atoms with van der Waals surface area (Å²) >= 11 is 1.01. The van der Waals surface area contributed by atoms with E-state index < -0.39 is 11.6 Å². The molecule has 0 aromatic heterocycles. The zero-order chi connectivity index (χ0) is 15.4. The molecule has 0 fully saturated rings. The van der Waals surface area contributed by atoms with Crippen LogP contribution in [0.3, 0.4) is 0 Å². The molecule has 0 heterocycles. The molecule has 2 N–H and O–H groups in total. The quantitative estimate of drug-likeness (QED) is 0.877. The van der Waals surface area contributed by atoms with Crippen molar-refractivity contribution >= 4 is 11.8 Å². The van der Waals surface area contributed by atoms with Crippen molar-refractivity contribution < 1.29 is 13.2 Å². The Bertz CT molecular complexity index is 631. The summed E-state index contributed by atoms with van der Waals surface area (Å²) in [4.78, 5) is 0.690. The van der Waals surface area contributed by atoms with Gasteiger partial charge < -0.3 is 5.73 Å². The number of benzene rings is 2. The molecule has 0 bridgehead atoms. The maximum absolute atomic E-state index is 14.0. The Morgan fingerprint density at radius 2 is 1.81 bits per heavy atom. The highest BCUT2D eigenvalue weighted by atomic mass is 32.2. The minimum atomic E-state index is -0.531. The zero-order valence-electron chi connectivity index (χ0n) is 11.6. The first kappa shape index (κ1) is 15.9. The molecule has 2 aromatic carbocycles. The average molecular weight is 311 g/mol. The van der Waals surface area contributed by atoms with Crippen LogP contribution in [0.2, 0.25) is 0 Å². The van der Waals surface area contributed by atoms with Crippen LogP contribution in [0, 0.1) is 17.5 Å². The van der Waals surface area contributed by atoms with Gasteiger partial charge in [0, 0.05) is 16.5 Å². The predicted octanol–water partition coefficient (Wildman–Crippen LogP) is 4.53. The normalized spacial score (nSPS) is 12.4. The van der Waals surface area contributed by atoms with E-state index in [-0.39, 0.29) is 16.8 Å². The molecule has 5 heteroatoms. The lowest BCUT2D eigenvalue weighted by molar-refractivity contribution is 0.569. The smallest absolute Gasteiger partial charge is 0.137 e. The summed E-state index contributed by atoms with van der Waals surface area (Å²) in [5.74, 6) is -1.43. The SMILES string of the molecule is CCC(N)Cc1c(F)cccc1Sc1cc(F)ccc1F. The van der Waals surface area contributed by atoms with E-state index in [1.165, 1.54) is 6.07 Å². The monoisotopic (exact) mass is 311 g/mol. The summed E-state index contributed by atoms with van der Waals surface area (Å²) in [5, 5.41) is 0. The van der Waals surface area contributed by atoms with Crippen molar-refractivity contribution in [3.05, 3.63) is 59.4 Å². The molecule has 1 unspecified atom stereocenters. The zero-order valence-corrected chi connectivity index (χ0v) is 12.4. The van der Waals surface area contributed by atoms with Crippen LogP contribution in [0.25, 0.3) is 0 Å². The lowest BCUT2D eigenvalue weighted by atomic mass is 10.0. The topological polar surface area (TPSA) is 26.0 Å². The average Bonchev–Trinajstić information content (AvgIpc) is 2.46. The molecule has 2 rings (SSSR count). The molecule has 0 spiro atoms. The molecule has 112 valence electrons. The minimum absolute atomic E-state index is 0.131. The molecule has 2 aromatic rings. The Morgan fingerprint density at radius 3 is 2.52 bits per heavy atom. The first-order chi connectivity index (χ1) is 10.0. The van der Waals surface area contributed by atoms with E-state index in [9.17, 15) is 13.2 Å². The molecule has 0 radical (unpaired) electrons. The third-order valence-corrected chi connectivity index (χ3v) is 4.31. The fraction of sp³-hybridized carbons (Fsp3) is 0.250. The number of halogens is 3. The molecule has 1 atom stereocenters. The highest BCUT2D eigenvalue weighted by Gasteiger charge is 2.14. The molecule has 0 saturated heterocycles. The van der Waals surface area contributed by atoms with Crippen LogP contribution < -0.4 is 5.73 Å². The summed E-state index contributed by atoms with van der Waals surface area (Å²) in [6.45, 7) is 1.92. The molecule has 0 amide bonds. The van der Waals surface area contributed by atoms with Crippen LogP contribution >= 0.6 is 11.8 Å². The fourth-order valence-electron chi connectivity index (χ4n) is 1.91. The number of hydrogen-bond acceptors (Lipinski definition) is 2. The highest BCUT2D eigenvalue weighted by molar-refractivity contribution is 7.99. The molecule has 0 aliphatic rings. The number of nitrogens with two attached hydrogens (primary N) is 1. The van der Waals surface area contributed by atoms with Gasteiger partial charge in [-0.25, -0.2) is 13.2 Å². The molecule has 21 heavy (non-hydrogen) atoms. The van der Waals surface area contributed by atoms with Crippen molar-refractivity contribution in [2.24, 2.45) is 5.73 Å².